The first-order chi connectivity index (χ1) is 10.1. The Bertz CT molecular complexity index is 585. The second-order valence-electron chi connectivity index (χ2n) is 4.70. The van der Waals surface area contributed by atoms with E-state index >= 15 is 0 Å². The average Bonchev–Trinajstić information content (AvgIpc) is 2.51. The largest absolute Gasteiger partial charge is 0.497 e. The molecule has 0 unspecified atom stereocenters. The maximum absolute atomic E-state index is 5.82. The standard InChI is InChI=1S/C17H20O4/c1-12-5-14(18-2)10-17(6-12)21-11-13-7-15(19-3)9-16(8-13)20-4/h5-10H,11H2,1-4H3. The van der Waals surface area contributed by atoms with Gasteiger partial charge in [-0.3, -0.25) is 0 Å². The maximum Gasteiger partial charge on any atom is 0.123 e. The Morgan fingerprint density at radius 1 is 0.667 bits per heavy atom. The monoisotopic (exact) mass is 288 g/mol. The smallest absolute Gasteiger partial charge is 0.123 e. The molecule has 0 saturated heterocycles. The molecule has 4 nitrogen and oxygen atoms in total. The number of hydrogen-bond donors (Lipinski definition) is 0. The molecule has 2 aromatic carbocycles. The van der Waals surface area contributed by atoms with Crippen molar-refractivity contribution in [1.29, 1.82) is 0 Å². The fraction of sp³-hybridized carbons (Fsp3) is 0.294. The topological polar surface area (TPSA) is 36.9 Å². The molecule has 0 N–H and O–H groups in total. The minimum atomic E-state index is 0.431. The Balaban J connectivity index is 2.14. The molecule has 0 amide bonds. The molecule has 0 heterocycles. The van der Waals surface area contributed by atoms with Crippen LogP contribution in [0.2, 0.25) is 0 Å². The number of aryl methyl sites for hydroxylation is 1. The Morgan fingerprint density at radius 2 is 1.14 bits per heavy atom. The van der Waals surface area contributed by atoms with Crippen molar-refractivity contribution in [1.82, 2.24) is 0 Å². The van der Waals surface area contributed by atoms with Crippen molar-refractivity contribution >= 4 is 0 Å². The van der Waals surface area contributed by atoms with Gasteiger partial charge in [0.05, 0.1) is 21.3 Å². The summed E-state index contributed by atoms with van der Waals surface area (Å²) in [5.74, 6) is 3.05. The highest BCUT2D eigenvalue weighted by atomic mass is 16.5. The summed E-state index contributed by atoms with van der Waals surface area (Å²) < 4.78 is 21.6. The van der Waals surface area contributed by atoms with E-state index in [1.165, 1.54) is 0 Å². The Kier molecular flexibility index (Phi) is 4.93. The van der Waals surface area contributed by atoms with Gasteiger partial charge in [-0.15, -0.1) is 0 Å². The molecule has 0 aliphatic carbocycles. The van der Waals surface area contributed by atoms with E-state index in [-0.39, 0.29) is 0 Å². The summed E-state index contributed by atoms with van der Waals surface area (Å²) in [6, 6.07) is 11.5. The second-order valence-corrected chi connectivity index (χ2v) is 4.70. The third-order valence-corrected chi connectivity index (χ3v) is 3.08. The van der Waals surface area contributed by atoms with Crippen molar-refractivity contribution < 1.29 is 18.9 Å². The van der Waals surface area contributed by atoms with E-state index in [1.54, 1.807) is 21.3 Å². The van der Waals surface area contributed by atoms with Crippen molar-refractivity contribution in [3.8, 4) is 23.0 Å². The average molecular weight is 288 g/mol. The zero-order valence-electron chi connectivity index (χ0n) is 12.8. The van der Waals surface area contributed by atoms with Crippen LogP contribution in [0, 0.1) is 6.92 Å². The van der Waals surface area contributed by atoms with Gasteiger partial charge in [-0.1, -0.05) is 0 Å². The molecule has 0 aromatic heterocycles. The number of rotatable bonds is 6. The molecule has 4 heteroatoms. The molecule has 0 radical (unpaired) electrons. The van der Waals surface area contributed by atoms with Gasteiger partial charge in [0.25, 0.3) is 0 Å². The minimum Gasteiger partial charge on any atom is -0.497 e. The lowest BCUT2D eigenvalue weighted by molar-refractivity contribution is 0.301. The Morgan fingerprint density at radius 3 is 1.71 bits per heavy atom. The van der Waals surface area contributed by atoms with Gasteiger partial charge in [-0.25, -0.2) is 0 Å². The highest BCUT2D eigenvalue weighted by Gasteiger charge is 2.04. The third kappa shape index (κ3) is 4.05. The maximum atomic E-state index is 5.82. The van der Waals surface area contributed by atoms with Crippen molar-refractivity contribution in [2.45, 2.75) is 13.5 Å². The predicted molar refractivity (Wildman–Crippen MR) is 81.6 cm³/mol. The van der Waals surface area contributed by atoms with Crippen LogP contribution in [0.25, 0.3) is 0 Å². The molecule has 2 rings (SSSR count). The molecule has 0 spiro atoms. The molecule has 0 saturated carbocycles. The van der Waals surface area contributed by atoms with Gasteiger partial charge >= 0.3 is 0 Å². The molecular formula is C17H20O4. The van der Waals surface area contributed by atoms with E-state index < -0.39 is 0 Å². The molecule has 0 aliphatic heterocycles. The molecule has 21 heavy (non-hydrogen) atoms. The van der Waals surface area contributed by atoms with Crippen LogP contribution in [0.5, 0.6) is 23.0 Å². The molecule has 0 bridgehead atoms. The first kappa shape index (κ1) is 15.0. The molecule has 0 aliphatic rings. The lowest BCUT2D eigenvalue weighted by atomic mass is 10.2. The zero-order chi connectivity index (χ0) is 15.2. The summed E-state index contributed by atoms with van der Waals surface area (Å²) >= 11 is 0. The van der Waals surface area contributed by atoms with Crippen LogP contribution in [-0.2, 0) is 6.61 Å². The molecule has 0 atom stereocenters. The van der Waals surface area contributed by atoms with E-state index in [9.17, 15) is 0 Å². The molecular weight excluding hydrogens is 268 g/mol. The predicted octanol–water partition coefficient (Wildman–Crippen LogP) is 3.60. The van der Waals surface area contributed by atoms with Crippen LogP contribution in [0.1, 0.15) is 11.1 Å². The number of hydrogen-bond acceptors (Lipinski definition) is 4. The van der Waals surface area contributed by atoms with E-state index in [0.29, 0.717) is 6.61 Å². The fourth-order valence-corrected chi connectivity index (χ4v) is 2.03. The summed E-state index contributed by atoms with van der Waals surface area (Å²) in [5, 5.41) is 0. The number of benzene rings is 2. The van der Waals surface area contributed by atoms with E-state index in [2.05, 4.69) is 0 Å². The second kappa shape index (κ2) is 6.88. The minimum absolute atomic E-state index is 0.431. The van der Waals surface area contributed by atoms with E-state index in [1.807, 2.05) is 43.3 Å². The quantitative estimate of drug-likeness (QED) is 0.814. The first-order valence-corrected chi connectivity index (χ1v) is 6.65. The first-order valence-electron chi connectivity index (χ1n) is 6.65. The van der Waals surface area contributed by atoms with Gasteiger partial charge in [0.2, 0.25) is 0 Å². The molecule has 0 fully saturated rings. The highest BCUT2D eigenvalue weighted by Crippen LogP contribution is 2.26. The Hall–Kier alpha value is -2.36. The summed E-state index contributed by atoms with van der Waals surface area (Å²) in [4.78, 5) is 0. The van der Waals surface area contributed by atoms with Crippen molar-refractivity contribution in [3.63, 3.8) is 0 Å². The van der Waals surface area contributed by atoms with Crippen LogP contribution < -0.4 is 18.9 Å². The van der Waals surface area contributed by atoms with Gasteiger partial charge in [-0.05, 0) is 42.3 Å². The summed E-state index contributed by atoms with van der Waals surface area (Å²) in [7, 11) is 4.90. The van der Waals surface area contributed by atoms with Crippen molar-refractivity contribution in [2.24, 2.45) is 0 Å². The van der Waals surface area contributed by atoms with Gasteiger partial charge < -0.3 is 18.9 Å². The van der Waals surface area contributed by atoms with Gasteiger partial charge in [0, 0.05) is 12.1 Å². The zero-order valence-corrected chi connectivity index (χ0v) is 12.8. The lowest BCUT2D eigenvalue weighted by Crippen LogP contribution is -1.98. The number of ether oxygens (including phenoxy) is 4. The van der Waals surface area contributed by atoms with Gasteiger partial charge in [0.15, 0.2) is 0 Å². The van der Waals surface area contributed by atoms with Gasteiger partial charge in [0.1, 0.15) is 29.6 Å². The summed E-state index contributed by atoms with van der Waals surface area (Å²) in [6.45, 7) is 2.43. The summed E-state index contributed by atoms with van der Waals surface area (Å²) in [6.07, 6.45) is 0. The van der Waals surface area contributed by atoms with Crippen LogP contribution in [0.3, 0.4) is 0 Å². The van der Waals surface area contributed by atoms with Crippen LogP contribution >= 0.6 is 0 Å². The SMILES string of the molecule is COc1cc(COc2cc(C)cc(OC)c2)cc(OC)c1. The van der Waals surface area contributed by atoms with Gasteiger partial charge in [-0.2, -0.15) is 0 Å². The van der Waals surface area contributed by atoms with Crippen LogP contribution in [0.4, 0.5) is 0 Å². The fourth-order valence-electron chi connectivity index (χ4n) is 2.03. The van der Waals surface area contributed by atoms with E-state index in [0.717, 1.165) is 34.1 Å². The molecule has 112 valence electrons. The van der Waals surface area contributed by atoms with Crippen LogP contribution in [0.15, 0.2) is 36.4 Å². The number of methoxy groups -OCH3 is 3. The van der Waals surface area contributed by atoms with Crippen molar-refractivity contribution in [2.75, 3.05) is 21.3 Å². The normalized spacial score (nSPS) is 10.1. The highest BCUT2D eigenvalue weighted by molar-refractivity contribution is 5.40. The molecule has 2 aromatic rings. The van der Waals surface area contributed by atoms with Crippen molar-refractivity contribution in [3.05, 3.63) is 47.5 Å². The third-order valence-electron chi connectivity index (χ3n) is 3.08. The van der Waals surface area contributed by atoms with E-state index in [4.69, 9.17) is 18.9 Å². The summed E-state index contributed by atoms with van der Waals surface area (Å²) in [5.41, 5.74) is 2.07. The lowest BCUT2D eigenvalue weighted by Gasteiger charge is -2.11. The Labute approximate surface area is 125 Å². The van der Waals surface area contributed by atoms with Crippen LogP contribution in [-0.4, -0.2) is 21.3 Å².